The third-order valence-corrected chi connectivity index (χ3v) is 4.82. The third kappa shape index (κ3) is 2.39. The van der Waals surface area contributed by atoms with E-state index in [4.69, 9.17) is 0 Å². The first-order valence-corrected chi connectivity index (χ1v) is 7.73. The number of nitrogens with zero attached hydrogens (tertiary/aromatic N) is 2. The van der Waals surface area contributed by atoms with Crippen molar-refractivity contribution >= 4 is 17.2 Å². The minimum absolute atomic E-state index is 0.0228. The van der Waals surface area contributed by atoms with Crippen LogP contribution in [0.4, 0.5) is 0 Å². The van der Waals surface area contributed by atoms with Crippen LogP contribution in [0.2, 0.25) is 0 Å². The van der Waals surface area contributed by atoms with E-state index in [1.807, 2.05) is 47.5 Å². The minimum atomic E-state index is -0.414. The van der Waals surface area contributed by atoms with E-state index < -0.39 is 6.10 Å². The highest BCUT2D eigenvalue weighted by atomic mass is 32.1. The van der Waals surface area contributed by atoms with Crippen LogP contribution < -0.4 is 0 Å². The highest BCUT2D eigenvalue weighted by Crippen LogP contribution is 2.25. The Morgan fingerprint density at radius 1 is 1.40 bits per heavy atom. The predicted octanol–water partition coefficient (Wildman–Crippen LogP) is 2.38. The van der Waals surface area contributed by atoms with E-state index in [0.717, 1.165) is 23.5 Å². The summed E-state index contributed by atoms with van der Waals surface area (Å²) >= 11 is 1.46. The van der Waals surface area contributed by atoms with E-state index in [1.165, 1.54) is 11.3 Å². The van der Waals surface area contributed by atoms with Crippen molar-refractivity contribution in [3.8, 4) is 5.69 Å². The minimum Gasteiger partial charge on any atom is -0.391 e. The van der Waals surface area contributed by atoms with E-state index >= 15 is 0 Å². The number of aromatic nitrogens is 1. The van der Waals surface area contributed by atoms with Crippen molar-refractivity contribution in [1.82, 2.24) is 9.47 Å². The molecule has 4 nitrogen and oxygen atoms in total. The van der Waals surface area contributed by atoms with E-state index in [1.54, 1.807) is 4.90 Å². The van der Waals surface area contributed by atoms with Gasteiger partial charge >= 0.3 is 0 Å². The molecule has 106 valence electrons. The summed E-state index contributed by atoms with van der Waals surface area (Å²) in [4.78, 5) is 15.1. The van der Waals surface area contributed by atoms with Gasteiger partial charge in [0, 0.05) is 25.5 Å². The lowest BCUT2D eigenvalue weighted by Crippen LogP contribution is -2.45. The normalized spacial score (nSPS) is 23.0. The van der Waals surface area contributed by atoms with Gasteiger partial charge in [-0.2, -0.15) is 0 Å². The topological polar surface area (TPSA) is 45.5 Å². The van der Waals surface area contributed by atoms with Crippen LogP contribution in [-0.2, 0) is 0 Å². The summed E-state index contributed by atoms with van der Waals surface area (Å²) in [6.45, 7) is 3.19. The van der Waals surface area contributed by atoms with Crippen molar-refractivity contribution in [2.24, 2.45) is 5.92 Å². The van der Waals surface area contributed by atoms with Gasteiger partial charge in [-0.05, 0) is 35.9 Å². The maximum absolute atomic E-state index is 12.6. The summed E-state index contributed by atoms with van der Waals surface area (Å²) in [5, 5.41) is 11.9. The second-order valence-corrected chi connectivity index (χ2v) is 6.23. The lowest BCUT2D eigenvalue weighted by atomic mass is 9.96. The fraction of sp³-hybridized carbons (Fsp3) is 0.400. The van der Waals surface area contributed by atoms with E-state index in [2.05, 4.69) is 0 Å². The highest BCUT2D eigenvalue weighted by molar-refractivity contribution is 7.12. The number of hydrogen-bond donors (Lipinski definition) is 1. The molecule has 2 aromatic rings. The van der Waals surface area contributed by atoms with Crippen LogP contribution in [0.3, 0.4) is 0 Å². The van der Waals surface area contributed by atoms with Crippen LogP contribution in [0.1, 0.15) is 23.0 Å². The SMILES string of the molecule is CC1CCN(C(=O)c2sccc2-n2cccc2)CC1O. The summed E-state index contributed by atoms with van der Waals surface area (Å²) in [7, 11) is 0. The number of rotatable bonds is 2. The van der Waals surface area contributed by atoms with Gasteiger partial charge in [-0.15, -0.1) is 11.3 Å². The number of β-amino-alcohol motifs (C(OH)–C–C–N with tert-alkyl or cyclic N) is 1. The van der Waals surface area contributed by atoms with Crippen molar-refractivity contribution in [2.75, 3.05) is 13.1 Å². The number of hydrogen-bond acceptors (Lipinski definition) is 3. The standard InChI is InChI=1S/C15H18N2O2S/c1-11-4-8-17(10-13(11)18)15(19)14-12(5-9-20-14)16-6-2-3-7-16/h2-3,5-7,9,11,13,18H,4,8,10H2,1H3. The molecular formula is C15H18N2O2S. The average molecular weight is 290 g/mol. The summed E-state index contributed by atoms with van der Waals surface area (Å²) in [6, 6.07) is 5.84. The number of piperidine rings is 1. The van der Waals surface area contributed by atoms with E-state index in [0.29, 0.717) is 6.54 Å². The second kappa shape index (κ2) is 5.42. The maximum atomic E-state index is 12.6. The van der Waals surface area contributed by atoms with Gasteiger partial charge in [0.2, 0.25) is 0 Å². The van der Waals surface area contributed by atoms with Crippen molar-refractivity contribution in [3.05, 3.63) is 40.8 Å². The zero-order valence-electron chi connectivity index (χ0n) is 11.4. The van der Waals surface area contributed by atoms with Crippen LogP contribution in [0.15, 0.2) is 36.0 Å². The molecule has 1 aliphatic heterocycles. The van der Waals surface area contributed by atoms with E-state index in [-0.39, 0.29) is 11.8 Å². The first-order valence-electron chi connectivity index (χ1n) is 6.85. The molecule has 1 amide bonds. The Bertz CT molecular complexity index is 591. The molecule has 2 unspecified atom stereocenters. The van der Waals surface area contributed by atoms with Gasteiger partial charge in [-0.3, -0.25) is 4.79 Å². The quantitative estimate of drug-likeness (QED) is 0.923. The maximum Gasteiger partial charge on any atom is 0.266 e. The number of thiophene rings is 1. The van der Waals surface area contributed by atoms with Gasteiger partial charge in [0.25, 0.3) is 5.91 Å². The van der Waals surface area contributed by atoms with Crippen molar-refractivity contribution in [2.45, 2.75) is 19.4 Å². The lowest BCUT2D eigenvalue weighted by molar-refractivity contribution is 0.0251. The van der Waals surface area contributed by atoms with Gasteiger partial charge in [0.15, 0.2) is 0 Å². The Hall–Kier alpha value is -1.59. The molecule has 0 aliphatic carbocycles. The number of aliphatic hydroxyl groups excluding tert-OH is 1. The van der Waals surface area contributed by atoms with Gasteiger partial charge in [0.1, 0.15) is 4.88 Å². The van der Waals surface area contributed by atoms with Crippen LogP contribution in [0.5, 0.6) is 0 Å². The number of aliphatic hydroxyl groups is 1. The number of carbonyl (C=O) groups is 1. The third-order valence-electron chi connectivity index (χ3n) is 3.93. The molecule has 3 heterocycles. The number of carbonyl (C=O) groups excluding carboxylic acids is 1. The highest BCUT2D eigenvalue weighted by Gasteiger charge is 2.29. The molecule has 20 heavy (non-hydrogen) atoms. The first-order chi connectivity index (χ1) is 9.66. The number of amides is 1. The van der Waals surface area contributed by atoms with Crippen molar-refractivity contribution < 1.29 is 9.90 Å². The van der Waals surface area contributed by atoms with Crippen LogP contribution >= 0.6 is 11.3 Å². The lowest BCUT2D eigenvalue weighted by Gasteiger charge is -2.34. The molecule has 0 aromatic carbocycles. The molecule has 1 N–H and O–H groups in total. The molecule has 5 heteroatoms. The van der Waals surface area contributed by atoms with E-state index in [9.17, 15) is 9.90 Å². The summed E-state index contributed by atoms with van der Waals surface area (Å²) in [6.07, 6.45) is 4.32. The molecule has 1 saturated heterocycles. The van der Waals surface area contributed by atoms with Crippen LogP contribution in [0.25, 0.3) is 5.69 Å². The molecule has 2 aromatic heterocycles. The molecule has 1 aliphatic rings. The molecular weight excluding hydrogens is 272 g/mol. The second-order valence-electron chi connectivity index (χ2n) is 5.31. The molecule has 1 fully saturated rings. The molecule has 3 rings (SSSR count). The molecule has 0 saturated carbocycles. The Kier molecular flexibility index (Phi) is 3.63. The molecule has 0 radical (unpaired) electrons. The predicted molar refractivity (Wildman–Crippen MR) is 79.3 cm³/mol. The smallest absolute Gasteiger partial charge is 0.266 e. The zero-order valence-corrected chi connectivity index (χ0v) is 12.2. The van der Waals surface area contributed by atoms with Gasteiger partial charge in [0.05, 0.1) is 11.8 Å². The van der Waals surface area contributed by atoms with Crippen LogP contribution in [0, 0.1) is 5.92 Å². The molecule has 0 spiro atoms. The van der Waals surface area contributed by atoms with Gasteiger partial charge in [-0.25, -0.2) is 0 Å². The fourth-order valence-corrected chi connectivity index (χ4v) is 3.40. The van der Waals surface area contributed by atoms with Crippen molar-refractivity contribution in [1.29, 1.82) is 0 Å². The van der Waals surface area contributed by atoms with Crippen LogP contribution in [-0.4, -0.2) is 39.7 Å². The van der Waals surface area contributed by atoms with Gasteiger partial charge in [-0.1, -0.05) is 6.92 Å². The monoisotopic (exact) mass is 290 g/mol. The van der Waals surface area contributed by atoms with Gasteiger partial charge < -0.3 is 14.6 Å². The Morgan fingerprint density at radius 2 is 2.15 bits per heavy atom. The Labute approximate surface area is 122 Å². The number of likely N-dealkylation sites (tertiary alicyclic amines) is 1. The van der Waals surface area contributed by atoms with Crippen molar-refractivity contribution in [3.63, 3.8) is 0 Å². The molecule has 0 bridgehead atoms. The largest absolute Gasteiger partial charge is 0.391 e. The Balaban J connectivity index is 1.83. The summed E-state index contributed by atoms with van der Waals surface area (Å²) in [5.41, 5.74) is 0.915. The molecule has 2 atom stereocenters. The first kappa shape index (κ1) is 13.4. The zero-order chi connectivity index (χ0) is 14.1. The summed E-state index contributed by atoms with van der Waals surface area (Å²) in [5.74, 6) is 0.293. The summed E-state index contributed by atoms with van der Waals surface area (Å²) < 4.78 is 1.95. The average Bonchev–Trinajstić information content (AvgIpc) is 3.10. The Morgan fingerprint density at radius 3 is 2.85 bits per heavy atom. The fourth-order valence-electron chi connectivity index (χ4n) is 2.54.